The Balaban J connectivity index is 1.60. The molecule has 2 aromatic rings. The van der Waals surface area contributed by atoms with Gasteiger partial charge in [0, 0.05) is 38.7 Å². The van der Waals surface area contributed by atoms with Crippen LogP contribution >= 0.6 is 0 Å². The highest BCUT2D eigenvalue weighted by Crippen LogP contribution is 2.13. The van der Waals surface area contributed by atoms with Gasteiger partial charge < -0.3 is 19.9 Å². The summed E-state index contributed by atoms with van der Waals surface area (Å²) < 4.78 is 5.61. The van der Waals surface area contributed by atoms with Gasteiger partial charge in [-0.3, -0.25) is 9.59 Å². The molecule has 0 bridgehead atoms. The Hall–Kier alpha value is -2.60. The van der Waals surface area contributed by atoms with Gasteiger partial charge in [-0.15, -0.1) is 0 Å². The Morgan fingerprint density at radius 2 is 2.04 bits per heavy atom. The number of aromatic amines is 1. The standard InChI is InChI=1S/C19H23N3O3/c1-14(23)20-12-17-13-22(9-10-25-17)19(24)18-8-7-16(21-18)11-15-5-3-2-4-6-15/h2-8,17,21H,9-13H2,1H3,(H,20,23). The van der Waals surface area contributed by atoms with Gasteiger partial charge in [-0.1, -0.05) is 30.3 Å². The van der Waals surface area contributed by atoms with Crippen molar-refractivity contribution >= 4 is 11.8 Å². The molecule has 132 valence electrons. The average Bonchev–Trinajstić information content (AvgIpc) is 3.09. The molecule has 1 unspecified atom stereocenters. The minimum atomic E-state index is -0.166. The van der Waals surface area contributed by atoms with Crippen LogP contribution in [0, 0.1) is 0 Å². The first kappa shape index (κ1) is 17.2. The fourth-order valence-electron chi connectivity index (χ4n) is 2.94. The van der Waals surface area contributed by atoms with Crippen LogP contribution in [-0.2, 0) is 16.0 Å². The Labute approximate surface area is 147 Å². The summed E-state index contributed by atoms with van der Waals surface area (Å²) in [5.74, 6) is -0.127. The van der Waals surface area contributed by atoms with Gasteiger partial charge in [-0.2, -0.15) is 0 Å². The third-order valence-electron chi connectivity index (χ3n) is 4.22. The summed E-state index contributed by atoms with van der Waals surface area (Å²) in [6.45, 7) is 3.41. The smallest absolute Gasteiger partial charge is 0.270 e. The molecule has 1 aliphatic heterocycles. The van der Waals surface area contributed by atoms with E-state index >= 15 is 0 Å². The molecule has 0 radical (unpaired) electrons. The molecule has 0 saturated carbocycles. The zero-order chi connectivity index (χ0) is 17.6. The van der Waals surface area contributed by atoms with Gasteiger partial charge in [0.05, 0.1) is 12.7 Å². The molecule has 1 fully saturated rings. The molecule has 6 heteroatoms. The van der Waals surface area contributed by atoms with Gasteiger partial charge in [-0.05, 0) is 17.7 Å². The molecule has 1 saturated heterocycles. The molecule has 1 atom stereocenters. The number of nitrogens with zero attached hydrogens (tertiary/aromatic N) is 1. The minimum Gasteiger partial charge on any atom is -0.373 e. The monoisotopic (exact) mass is 341 g/mol. The van der Waals surface area contributed by atoms with Gasteiger partial charge in [0.2, 0.25) is 5.91 Å². The number of amides is 2. The van der Waals surface area contributed by atoms with Crippen molar-refractivity contribution in [1.82, 2.24) is 15.2 Å². The lowest BCUT2D eigenvalue weighted by molar-refractivity contribution is -0.120. The van der Waals surface area contributed by atoms with Crippen molar-refractivity contribution in [2.24, 2.45) is 0 Å². The molecule has 1 aromatic carbocycles. The summed E-state index contributed by atoms with van der Waals surface area (Å²) in [5.41, 5.74) is 2.80. The van der Waals surface area contributed by atoms with E-state index in [0.717, 1.165) is 12.1 Å². The molecule has 25 heavy (non-hydrogen) atoms. The van der Waals surface area contributed by atoms with Crippen molar-refractivity contribution in [2.45, 2.75) is 19.4 Å². The number of nitrogens with one attached hydrogen (secondary N) is 2. The van der Waals surface area contributed by atoms with Crippen LogP contribution in [0.4, 0.5) is 0 Å². The highest BCUT2D eigenvalue weighted by atomic mass is 16.5. The molecule has 3 rings (SSSR count). The number of ether oxygens (including phenoxy) is 1. The second kappa shape index (κ2) is 7.98. The predicted octanol–water partition coefficient (Wildman–Crippen LogP) is 1.58. The van der Waals surface area contributed by atoms with Gasteiger partial charge in [-0.25, -0.2) is 0 Å². The Morgan fingerprint density at radius 3 is 2.80 bits per heavy atom. The van der Waals surface area contributed by atoms with E-state index in [2.05, 4.69) is 22.4 Å². The average molecular weight is 341 g/mol. The number of benzene rings is 1. The van der Waals surface area contributed by atoms with Crippen molar-refractivity contribution in [3.63, 3.8) is 0 Å². The molecule has 0 spiro atoms. The largest absolute Gasteiger partial charge is 0.373 e. The molecule has 2 N–H and O–H groups in total. The van der Waals surface area contributed by atoms with E-state index in [1.54, 1.807) is 4.90 Å². The highest BCUT2D eigenvalue weighted by molar-refractivity contribution is 5.92. The summed E-state index contributed by atoms with van der Waals surface area (Å²) in [7, 11) is 0. The van der Waals surface area contributed by atoms with Crippen molar-refractivity contribution < 1.29 is 14.3 Å². The maximum atomic E-state index is 12.7. The van der Waals surface area contributed by atoms with Crippen molar-refractivity contribution in [3.05, 3.63) is 59.4 Å². The summed E-state index contributed by atoms with van der Waals surface area (Å²) in [6, 6.07) is 13.9. The highest BCUT2D eigenvalue weighted by Gasteiger charge is 2.25. The third kappa shape index (κ3) is 4.70. The number of carbonyl (C=O) groups is 2. The van der Waals surface area contributed by atoms with E-state index in [1.807, 2.05) is 30.3 Å². The summed E-state index contributed by atoms with van der Waals surface area (Å²) in [5, 5.41) is 2.74. The fourth-order valence-corrected chi connectivity index (χ4v) is 2.94. The normalized spacial score (nSPS) is 17.3. The lowest BCUT2D eigenvalue weighted by Gasteiger charge is -2.32. The molecule has 1 aromatic heterocycles. The van der Waals surface area contributed by atoms with Crippen LogP contribution in [0.2, 0.25) is 0 Å². The quantitative estimate of drug-likeness (QED) is 0.867. The number of carbonyl (C=O) groups excluding carboxylic acids is 2. The third-order valence-corrected chi connectivity index (χ3v) is 4.22. The van der Waals surface area contributed by atoms with E-state index in [-0.39, 0.29) is 17.9 Å². The number of aromatic nitrogens is 1. The summed E-state index contributed by atoms with van der Waals surface area (Å²) in [6.07, 6.45) is 0.600. The number of hydrogen-bond donors (Lipinski definition) is 2. The van der Waals surface area contributed by atoms with E-state index in [4.69, 9.17) is 4.74 Å². The predicted molar refractivity (Wildman–Crippen MR) is 94.4 cm³/mol. The van der Waals surface area contributed by atoms with Crippen molar-refractivity contribution in [1.29, 1.82) is 0 Å². The second-order valence-corrected chi connectivity index (χ2v) is 6.24. The first-order chi connectivity index (χ1) is 12.1. The van der Waals surface area contributed by atoms with Gasteiger partial charge >= 0.3 is 0 Å². The maximum absolute atomic E-state index is 12.7. The molecule has 6 nitrogen and oxygen atoms in total. The molecular formula is C19H23N3O3. The van der Waals surface area contributed by atoms with Crippen LogP contribution in [0.1, 0.15) is 28.7 Å². The lowest BCUT2D eigenvalue weighted by atomic mass is 10.1. The summed E-state index contributed by atoms with van der Waals surface area (Å²) >= 11 is 0. The first-order valence-electron chi connectivity index (χ1n) is 8.49. The first-order valence-corrected chi connectivity index (χ1v) is 8.49. The second-order valence-electron chi connectivity index (χ2n) is 6.24. The van der Waals surface area contributed by atoms with Crippen molar-refractivity contribution in [3.8, 4) is 0 Å². The van der Waals surface area contributed by atoms with Crippen LogP contribution in [-0.4, -0.2) is 54.0 Å². The number of morpholine rings is 1. The maximum Gasteiger partial charge on any atom is 0.270 e. The van der Waals surface area contributed by atoms with Crippen LogP contribution in [0.15, 0.2) is 42.5 Å². The minimum absolute atomic E-state index is 0.0320. The van der Waals surface area contributed by atoms with E-state index in [0.29, 0.717) is 31.9 Å². The molecule has 2 heterocycles. The van der Waals surface area contributed by atoms with Crippen LogP contribution in [0.3, 0.4) is 0 Å². The molecule has 2 amide bonds. The lowest BCUT2D eigenvalue weighted by Crippen LogP contribution is -2.49. The van der Waals surface area contributed by atoms with Crippen LogP contribution in [0.5, 0.6) is 0 Å². The molecule has 0 aliphatic carbocycles. The topological polar surface area (TPSA) is 74.4 Å². The number of rotatable bonds is 5. The zero-order valence-corrected chi connectivity index (χ0v) is 14.3. The number of hydrogen-bond acceptors (Lipinski definition) is 3. The van der Waals surface area contributed by atoms with E-state index in [1.165, 1.54) is 12.5 Å². The Kier molecular flexibility index (Phi) is 5.50. The Bertz CT molecular complexity index is 727. The molecule has 1 aliphatic rings. The molecular weight excluding hydrogens is 318 g/mol. The fraction of sp³-hybridized carbons (Fsp3) is 0.368. The summed E-state index contributed by atoms with van der Waals surface area (Å²) in [4.78, 5) is 28.7. The van der Waals surface area contributed by atoms with Crippen LogP contribution < -0.4 is 5.32 Å². The van der Waals surface area contributed by atoms with Crippen molar-refractivity contribution in [2.75, 3.05) is 26.2 Å². The van der Waals surface area contributed by atoms with Gasteiger partial charge in [0.15, 0.2) is 0 Å². The van der Waals surface area contributed by atoms with Gasteiger partial charge in [0.25, 0.3) is 5.91 Å². The van der Waals surface area contributed by atoms with Gasteiger partial charge in [0.1, 0.15) is 5.69 Å². The van der Waals surface area contributed by atoms with E-state index < -0.39 is 0 Å². The Morgan fingerprint density at radius 1 is 1.24 bits per heavy atom. The number of H-pyrrole nitrogens is 1. The zero-order valence-electron chi connectivity index (χ0n) is 14.3. The van der Waals surface area contributed by atoms with E-state index in [9.17, 15) is 9.59 Å². The van der Waals surface area contributed by atoms with Crippen LogP contribution in [0.25, 0.3) is 0 Å². The SMILES string of the molecule is CC(=O)NCC1CN(C(=O)c2ccc(Cc3ccccc3)[nH]2)CCO1.